The summed E-state index contributed by atoms with van der Waals surface area (Å²) in [6.45, 7) is 4.80. The Bertz CT molecular complexity index is 1700. The summed E-state index contributed by atoms with van der Waals surface area (Å²) in [5, 5.41) is 5.33. The Morgan fingerprint density at radius 1 is 0.636 bits per heavy atom. The van der Waals surface area contributed by atoms with Gasteiger partial charge in [-0.1, -0.05) is 98.8 Å². The number of rotatable bonds is 1. The molecule has 0 atom stereocenters. The zero-order valence-electron chi connectivity index (χ0n) is 19.0. The SMILES string of the molecule is CC1(C)c2ccccc2Cc2ccc3c(c21)c1ccc2ccccc2c1n3-c1ccccc1. The van der Waals surface area contributed by atoms with Gasteiger partial charge in [-0.25, -0.2) is 0 Å². The Labute approximate surface area is 193 Å². The zero-order chi connectivity index (χ0) is 22.2. The summed E-state index contributed by atoms with van der Waals surface area (Å²) < 4.78 is 2.48. The number of para-hydroxylation sites is 1. The molecule has 1 aromatic heterocycles. The fourth-order valence-corrected chi connectivity index (χ4v) is 6.24. The number of hydrogen-bond acceptors (Lipinski definition) is 0. The van der Waals surface area contributed by atoms with Crippen LogP contribution in [0.25, 0.3) is 38.3 Å². The molecule has 0 unspecified atom stereocenters. The van der Waals surface area contributed by atoms with Gasteiger partial charge in [-0.05, 0) is 52.3 Å². The molecule has 6 aromatic rings. The molecule has 1 heteroatoms. The smallest absolute Gasteiger partial charge is 0.0619 e. The highest BCUT2D eigenvalue weighted by atomic mass is 15.0. The molecular weight excluding hydrogens is 398 g/mol. The van der Waals surface area contributed by atoms with Crippen molar-refractivity contribution in [1.29, 1.82) is 0 Å². The van der Waals surface area contributed by atoms with Crippen molar-refractivity contribution in [2.45, 2.75) is 25.7 Å². The van der Waals surface area contributed by atoms with Crippen LogP contribution in [0, 0.1) is 0 Å². The molecule has 1 aliphatic carbocycles. The Hall–Kier alpha value is -3.84. The fraction of sp³-hybridized carbons (Fsp3) is 0.125. The first-order valence-electron chi connectivity index (χ1n) is 11.8. The fourth-order valence-electron chi connectivity index (χ4n) is 6.24. The average molecular weight is 424 g/mol. The molecule has 0 N–H and O–H groups in total. The lowest BCUT2D eigenvalue weighted by molar-refractivity contribution is 0.617. The zero-order valence-corrected chi connectivity index (χ0v) is 19.0. The first-order valence-corrected chi connectivity index (χ1v) is 11.8. The number of aromatic nitrogens is 1. The first-order chi connectivity index (χ1) is 16.1. The predicted octanol–water partition coefficient (Wildman–Crippen LogP) is 8.17. The third-order valence-electron chi connectivity index (χ3n) is 7.62. The number of fused-ring (bicyclic) bond motifs is 8. The summed E-state index contributed by atoms with van der Waals surface area (Å²) in [6.07, 6.45) is 0.996. The van der Waals surface area contributed by atoms with E-state index in [1.165, 1.54) is 60.5 Å². The van der Waals surface area contributed by atoms with Crippen molar-refractivity contribution < 1.29 is 0 Å². The second-order valence-electron chi connectivity index (χ2n) is 9.81. The quantitative estimate of drug-likeness (QED) is 0.251. The molecule has 7 rings (SSSR count). The molecule has 158 valence electrons. The Morgan fingerprint density at radius 2 is 1.39 bits per heavy atom. The van der Waals surface area contributed by atoms with Crippen molar-refractivity contribution in [3.8, 4) is 5.69 Å². The average Bonchev–Trinajstić information content (AvgIpc) is 3.19. The van der Waals surface area contributed by atoms with Crippen LogP contribution in [-0.2, 0) is 11.8 Å². The van der Waals surface area contributed by atoms with Crippen LogP contribution < -0.4 is 0 Å². The molecule has 5 aromatic carbocycles. The van der Waals surface area contributed by atoms with E-state index in [2.05, 4.69) is 122 Å². The molecule has 0 saturated heterocycles. The Kier molecular flexibility index (Phi) is 3.73. The van der Waals surface area contributed by atoms with Gasteiger partial charge in [-0.15, -0.1) is 0 Å². The van der Waals surface area contributed by atoms with Crippen molar-refractivity contribution in [3.05, 3.63) is 125 Å². The van der Waals surface area contributed by atoms with E-state index < -0.39 is 0 Å². The van der Waals surface area contributed by atoms with Crippen molar-refractivity contribution in [1.82, 2.24) is 4.57 Å². The minimum absolute atomic E-state index is 0.0644. The van der Waals surface area contributed by atoms with E-state index in [9.17, 15) is 0 Å². The first kappa shape index (κ1) is 18.7. The third kappa shape index (κ3) is 2.48. The lowest BCUT2D eigenvalue weighted by Gasteiger charge is -2.36. The standard InChI is InChI=1S/C32H25N/c1-32(2)27-15-9-7-11-22(27)20-23-17-19-28-29(30(23)32)26-18-16-21-10-6-8-14-25(21)31(26)33(28)24-12-4-3-5-13-24/h3-19H,20H2,1-2H3. The molecule has 0 spiro atoms. The molecule has 0 saturated carbocycles. The lowest BCUT2D eigenvalue weighted by Crippen LogP contribution is -2.27. The normalized spacial score (nSPS) is 14.5. The minimum Gasteiger partial charge on any atom is -0.309 e. The summed E-state index contributed by atoms with van der Waals surface area (Å²) >= 11 is 0. The van der Waals surface area contributed by atoms with Crippen molar-refractivity contribution in [2.24, 2.45) is 0 Å². The summed E-state index contributed by atoms with van der Waals surface area (Å²) in [4.78, 5) is 0. The van der Waals surface area contributed by atoms with Gasteiger partial charge in [0.2, 0.25) is 0 Å². The van der Waals surface area contributed by atoms with Crippen LogP contribution >= 0.6 is 0 Å². The van der Waals surface area contributed by atoms with Crippen LogP contribution in [0.4, 0.5) is 0 Å². The lowest BCUT2D eigenvalue weighted by atomic mass is 9.67. The van der Waals surface area contributed by atoms with Gasteiger partial charge in [0.1, 0.15) is 0 Å². The minimum atomic E-state index is -0.0644. The number of benzene rings is 5. The second kappa shape index (κ2) is 6.59. The molecule has 0 radical (unpaired) electrons. The van der Waals surface area contributed by atoms with Gasteiger partial charge in [0.05, 0.1) is 11.0 Å². The second-order valence-corrected chi connectivity index (χ2v) is 9.81. The maximum atomic E-state index is 2.48. The van der Waals surface area contributed by atoms with Crippen LogP contribution in [-0.4, -0.2) is 4.57 Å². The molecule has 0 aliphatic heterocycles. The third-order valence-corrected chi connectivity index (χ3v) is 7.62. The van der Waals surface area contributed by atoms with E-state index in [1.54, 1.807) is 0 Å². The molecular formula is C32H25N. The molecule has 0 fully saturated rings. The molecule has 0 bridgehead atoms. The maximum absolute atomic E-state index is 2.48. The van der Waals surface area contributed by atoms with E-state index in [0.29, 0.717) is 0 Å². The van der Waals surface area contributed by atoms with Gasteiger partial charge >= 0.3 is 0 Å². The predicted molar refractivity (Wildman–Crippen MR) is 140 cm³/mol. The van der Waals surface area contributed by atoms with Gasteiger partial charge in [-0.3, -0.25) is 0 Å². The molecule has 1 heterocycles. The highest BCUT2D eigenvalue weighted by Gasteiger charge is 2.35. The van der Waals surface area contributed by atoms with E-state index in [4.69, 9.17) is 0 Å². The van der Waals surface area contributed by atoms with E-state index in [0.717, 1.165) is 6.42 Å². The van der Waals surface area contributed by atoms with Crippen molar-refractivity contribution in [3.63, 3.8) is 0 Å². The van der Waals surface area contributed by atoms with Crippen molar-refractivity contribution >= 4 is 32.6 Å². The van der Waals surface area contributed by atoms with Crippen LogP contribution in [0.3, 0.4) is 0 Å². The molecule has 33 heavy (non-hydrogen) atoms. The summed E-state index contributed by atoms with van der Waals surface area (Å²) in [5.41, 5.74) is 9.57. The van der Waals surface area contributed by atoms with Gasteiger partial charge in [-0.2, -0.15) is 0 Å². The van der Waals surface area contributed by atoms with Gasteiger partial charge in [0.15, 0.2) is 0 Å². The highest BCUT2D eigenvalue weighted by Crippen LogP contribution is 2.48. The molecule has 0 amide bonds. The van der Waals surface area contributed by atoms with E-state index in [1.807, 2.05) is 0 Å². The van der Waals surface area contributed by atoms with Gasteiger partial charge < -0.3 is 4.57 Å². The summed E-state index contributed by atoms with van der Waals surface area (Å²) in [6, 6.07) is 37.9. The molecule has 1 aliphatic rings. The van der Waals surface area contributed by atoms with E-state index in [-0.39, 0.29) is 5.41 Å². The Morgan fingerprint density at radius 3 is 2.27 bits per heavy atom. The largest absolute Gasteiger partial charge is 0.309 e. The van der Waals surface area contributed by atoms with E-state index >= 15 is 0 Å². The summed E-state index contributed by atoms with van der Waals surface area (Å²) in [7, 11) is 0. The van der Waals surface area contributed by atoms with Gasteiger partial charge in [0, 0.05) is 27.3 Å². The summed E-state index contributed by atoms with van der Waals surface area (Å²) in [5.74, 6) is 0. The Balaban J connectivity index is 1.71. The van der Waals surface area contributed by atoms with Crippen LogP contribution in [0.1, 0.15) is 36.1 Å². The van der Waals surface area contributed by atoms with Crippen LogP contribution in [0.2, 0.25) is 0 Å². The maximum Gasteiger partial charge on any atom is 0.0619 e. The number of nitrogens with zero attached hydrogens (tertiary/aromatic N) is 1. The monoisotopic (exact) mass is 423 g/mol. The highest BCUT2D eigenvalue weighted by molar-refractivity contribution is 6.20. The molecule has 1 nitrogen and oxygen atoms in total. The topological polar surface area (TPSA) is 4.93 Å². The van der Waals surface area contributed by atoms with Gasteiger partial charge in [0.25, 0.3) is 0 Å². The van der Waals surface area contributed by atoms with Crippen molar-refractivity contribution in [2.75, 3.05) is 0 Å². The van der Waals surface area contributed by atoms with Crippen LogP contribution in [0.15, 0.2) is 103 Å². The van der Waals surface area contributed by atoms with Crippen LogP contribution in [0.5, 0.6) is 0 Å². The number of hydrogen-bond donors (Lipinski definition) is 0.